The highest BCUT2D eigenvalue weighted by Crippen LogP contribution is 2.12. The van der Waals surface area contributed by atoms with Crippen molar-refractivity contribution in [2.24, 2.45) is 5.92 Å². The predicted molar refractivity (Wildman–Crippen MR) is 106 cm³/mol. The third-order valence-corrected chi connectivity index (χ3v) is 5.82. The summed E-state index contributed by atoms with van der Waals surface area (Å²) in [6.07, 6.45) is 3.64. The highest BCUT2D eigenvalue weighted by molar-refractivity contribution is 7.12. The number of aromatic nitrogens is 1. The molecular formula is C20H27N4O2S+. The van der Waals surface area contributed by atoms with E-state index in [9.17, 15) is 9.59 Å². The van der Waals surface area contributed by atoms with Crippen LogP contribution in [0.1, 0.15) is 29.1 Å². The molecule has 0 radical (unpaired) electrons. The van der Waals surface area contributed by atoms with Gasteiger partial charge in [0.15, 0.2) is 0 Å². The fraction of sp³-hybridized carbons (Fsp3) is 0.450. The maximum Gasteiger partial charge on any atom is 0.262 e. The quantitative estimate of drug-likeness (QED) is 0.771. The Morgan fingerprint density at radius 3 is 2.52 bits per heavy atom. The predicted octanol–water partition coefficient (Wildman–Crippen LogP) is 0.825. The highest BCUT2D eigenvalue weighted by Gasteiger charge is 2.32. The van der Waals surface area contributed by atoms with Crippen molar-refractivity contribution in [3.63, 3.8) is 0 Å². The number of pyridine rings is 1. The molecule has 3 rings (SSSR count). The van der Waals surface area contributed by atoms with Crippen LogP contribution in [0.15, 0.2) is 42.0 Å². The largest absolute Gasteiger partial charge is 0.339 e. The van der Waals surface area contributed by atoms with E-state index in [0.29, 0.717) is 4.88 Å². The van der Waals surface area contributed by atoms with Crippen molar-refractivity contribution in [3.8, 4) is 0 Å². The first kappa shape index (κ1) is 19.5. The second-order valence-corrected chi connectivity index (χ2v) is 8.23. The van der Waals surface area contributed by atoms with Crippen molar-refractivity contribution in [2.45, 2.75) is 26.4 Å². The SMILES string of the molecule is CC(C)[C@H](NC(=O)c1cccs1)C(=O)N1CC[NH+](Cc2ccncc2)CC1. The minimum atomic E-state index is -0.485. The molecule has 3 heterocycles. The van der Waals surface area contributed by atoms with E-state index in [2.05, 4.69) is 10.3 Å². The molecular weight excluding hydrogens is 360 g/mol. The topological polar surface area (TPSA) is 66.7 Å². The summed E-state index contributed by atoms with van der Waals surface area (Å²) in [7, 11) is 0. The Morgan fingerprint density at radius 1 is 1.22 bits per heavy atom. The molecule has 7 heteroatoms. The lowest BCUT2D eigenvalue weighted by Gasteiger charge is -2.35. The first-order valence-corrected chi connectivity index (χ1v) is 10.3. The molecule has 2 aromatic heterocycles. The number of quaternary nitrogens is 1. The molecule has 1 aliphatic heterocycles. The Morgan fingerprint density at radius 2 is 1.93 bits per heavy atom. The minimum Gasteiger partial charge on any atom is -0.339 e. The van der Waals surface area contributed by atoms with Crippen LogP contribution in [0.2, 0.25) is 0 Å². The van der Waals surface area contributed by atoms with Crippen LogP contribution >= 0.6 is 11.3 Å². The fourth-order valence-electron chi connectivity index (χ4n) is 3.34. The zero-order chi connectivity index (χ0) is 19.2. The summed E-state index contributed by atoms with van der Waals surface area (Å²) in [6.45, 7) is 8.17. The Labute approximate surface area is 164 Å². The summed E-state index contributed by atoms with van der Waals surface area (Å²) in [4.78, 5) is 33.4. The number of rotatable bonds is 6. The van der Waals surface area contributed by atoms with Crippen molar-refractivity contribution >= 4 is 23.2 Å². The van der Waals surface area contributed by atoms with Crippen LogP contribution in [-0.2, 0) is 11.3 Å². The minimum absolute atomic E-state index is 0.0258. The zero-order valence-electron chi connectivity index (χ0n) is 15.9. The second kappa shape index (κ2) is 9.10. The van der Waals surface area contributed by atoms with Gasteiger partial charge in [0.1, 0.15) is 12.6 Å². The maximum atomic E-state index is 13.0. The number of piperazine rings is 1. The van der Waals surface area contributed by atoms with E-state index >= 15 is 0 Å². The molecule has 1 aliphatic rings. The number of carbonyl (C=O) groups is 2. The van der Waals surface area contributed by atoms with E-state index in [1.165, 1.54) is 21.8 Å². The van der Waals surface area contributed by atoms with Gasteiger partial charge in [-0.25, -0.2) is 0 Å². The van der Waals surface area contributed by atoms with E-state index in [-0.39, 0.29) is 17.7 Å². The molecule has 1 fully saturated rings. The molecule has 1 saturated heterocycles. The molecule has 0 bridgehead atoms. The van der Waals surface area contributed by atoms with Crippen molar-refractivity contribution in [1.29, 1.82) is 0 Å². The van der Waals surface area contributed by atoms with E-state index in [1.807, 2.05) is 54.7 Å². The molecule has 1 atom stereocenters. The van der Waals surface area contributed by atoms with Crippen LogP contribution in [0.3, 0.4) is 0 Å². The first-order valence-electron chi connectivity index (χ1n) is 9.40. The summed E-state index contributed by atoms with van der Waals surface area (Å²) in [6, 6.07) is 7.22. The molecule has 0 aliphatic carbocycles. The Balaban J connectivity index is 1.55. The number of amides is 2. The van der Waals surface area contributed by atoms with Crippen molar-refractivity contribution in [1.82, 2.24) is 15.2 Å². The number of thiophene rings is 1. The molecule has 2 aromatic rings. The van der Waals surface area contributed by atoms with Crippen molar-refractivity contribution < 1.29 is 14.5 Å². The second-order valence-electron chi connectivity index (χ2n) is 7.28. The summed E-state index contributed by atoms with van der Waals surface area (Å²) in [5.41, 5.74) is 1.27. The number of nitrogens with one attached hydrogen (secondary N) is 2. The summed E-state index contributed by atoms with van der Waals surface area (Å²) in [5.74, 6) is -0.0968. The van der Waals surface area contributed by atoms with E-state index in [1.54, 1.807) is 6.07 Å². The fourth-order valence-corrected chi connectivity index (χ4v) is 3.97. The molecule has 0 saturated carbocycles. The van der Waals surface area contributed by atoms with Gasteiger partial charge in [0.2, 0.25) is 5.91 Å². The van der Waals surface area contributed by atoms with E-state index in [4.69, 9.17) is 0 Å². The number of carbonyl (C=O) groups excluding carboxylic acids is 2. The monoisotopic (exact) mass is 387 g/mol. The number of nitrogens with zero attached hydrogens (tertiary/aromatic N) is 2. The smallest absolute Gasteiger partial charge is 0.262 e. The van der Waals surface area contributed by atoms with Gasteiger partial charge in [0, 0.05) is 18.0 Å². The van der Waals surface area contributed by atoms with Gasteiger partial charge in [-0.2, -0.15) is 0 Å². The van der Waals surface area contributed by atoms with Gasteiger partial charge in [-0.15, -0.1) is 11.3 Å². The standard InChI is InChI=1S/C20H26N4O2S/c1-15(2)18(22-19(25)17-4-3-13-27-17)20(26)24-11-9-23(10-12-24)14-16-5-7-21-8-6-16/h3-8,13,15,18H,9-12,14H2,1-2H3,(H,22,25)/p+1/t18-/m0/s1. The Kier molecular flexibility index (Phi) is 6.58. The van der Waals surface area contributed by atoms with Gasteiger partial charge in [-0.1, -0.05) is 19.9 Å². The summed E-state index contributed by atoms with van der Waals surface area (Å²) < 4.78 is 0. The normalized spacial score (nSPS) is 16.3. The van der Waals surface area contributed by atoms with Gasteiger partial charge in [0.05, 0.1) is 31.1 Å². The van der Waals surface area contributed by atoms with E-state index in [0.717, 1.165) is 32.7 Å². The van der Waals surface area contributed by atoms with Crippen molar-refractivity contribution in [3.05, 3.63) is 52.5 Å². The lowest BCUT2D eigenvalue weighted by molar-refractivity contribution is -0.917. The zero-order valence-corrected chi connectivity index (χ0v) is 16.7. The molecule has 0 unspecified atom stereocenters. The van der Waals surface area contributed by atoms with Crippen LogP contribution in [0.5, 0.6) is 0 Å². The molecule has 0 aromatic carbocycles. The first-order chi connectivity index (χ1) is 13.0. The molecule has 27 heavy (non-hydrogen) atoms. The van der Waals surface area contributed by atoms with Gasteiger partial charge in [0.25, 0.3) is 5.91 Å². The van der Waals surface area contributed by atoms with Gasteiger partial charge in [-0.3, -0.25) is 14.6 Å². The van der Waals surface area contributed by atoms with Crippen LogP contribution in [-0.4, -0.2) is 53.9 Å². The van der Waals surface area contributed by atoms with Gasteiger partial charge < -0.3 is 15.1 Å². The Bertz CT molecular complexity index is 741. The van der Waals surface area contributed by atoms with Crippen LogP contribution < -0.4 is 10.2 Å². The lowest BCUT2D eigenvalue weighted by Crippen LogP contribution is -3.13. The molecule has 6 nitrogen and oxygen atoms in total. The third kappa shape index (κ3) is 5.14. The maximum absolute atomic E-state index is 13.0. The summed E-state index contributed by atoms with van der Waals surface area (Å²) >= 11 is 1.39. The lowest BCUT2D eigenvalue weighted by atomic mass is 10.0. The molecule has 2 N–H and O–H groups in total. The van der Waals surface area contributed by atoms with Gasteiger partial charge in [-0.05, 0) is 29.5 Å². The number of hydrogen-bond donors (Lipinski definition) is 2. The van der Waals surface area contributed by atoms with Crippen LogP contribution in [0.4, 0.5) is 0 Å². The average molecular weight is 388 g/mol. The molecule has 2 amide bonds. The third-order valence-electron chi connectivity index (χ3n) is 4.95. The number of hydrogen-bond acceptors (Lipinski definition) is 4. The molecule has 144 valence electrons. The summed E-state index contributed by atoms with van der Waals surface area (Å²) in [5, 5.41) is 4.80. The Hall–Kier alpha value is -2.25. The highest BCUT2D eigenvalue weighted by atomic mass is 32.1. The van der Waals surface area contributed by atoms with Crippen molar-refractivity contribution in [2.75, 3.05) is 26.2 Å². The van der Waals surface area contributed by atoms with Gasteiger partial charge >= 0.3 is 0 Å². The van der Waals surface area contributed by atoms with Crippen LogP contribution in [0, 0.1) is 5.92 Å². The van der Waals surface area contributed by atoms with E-state index < -0.39 is 6.04 Å². The van der Waals surface area contributed by atoms with Crippen LogP contribution in [0.25, 0.3) is 0 Å². The molecule has 0 spiro atoms. The average Bonchev–Trinajstić information content (AvgIpc) is 3.21.